The van der Waals surface area contributed by atoms with Crippen molar-refractivity contribution in [2.24, 2.45) is 0 Å². The molecule has 1 aliphatic carbocycles. The molecule has 1 N–H and O–H groups in total. The molecule has 0 aliphatic heterocycles. The van der Waals surface area contributed by atoms with Gasteiger partial charge < -0.3 is 9.88 Å². The van der Waals surface area contributed by atoms with E-state index in [0.717, 1.165) is 41.5 Å². The quantitative estimate of drug-likeness (QED) is 0.912. The Morgan fingerprint density at radius 2 is 2.09 bits per heavy atom. The Morgan fingerprint density at radius 1 is 1.36 bits per heavy atom. The molecule has 0 unspecified atom stereocenters. The molecule has 0 atom stereocenters. The van der Waals surface area contributed by atoms with E-state index in [2.05, 4.69) is 4.98 Å². The number of benzene rings is 1. The molecule has 3 nitrogen and oxygen atoms in total. The first kappa shape index (κ1) is 15.1. The van der Waals surface area contributed by atoms with Crippen molar-refractivity contribution >= 4 is 16.8 Å². The second kappa shape index (κ2) is 6.11. The van der Waals surface area contributed by atoms with Crippen LogP contribution in [0.3, 0.4) is 0 Å². The second-order valence-electron chi connectivity index (χ2n) is 6.21. The average molecular weight is 302 g/mol. The Balaban J connectivity index is 1.86. The number of amides is 1. The fraction of sp³-hybridized carbons (Fsp3) is 0.500. The third kappa shape index (κ3) is 2.74. The van der Waals surface area contributed by atoms with E-state index in [1.165, 1.54) is 25.0 Å². The van der Waals surface area contributed by atoms with Gasteiger partial charge in [-0.3, -0.25) is 4.79 Å². The smallest absolute Gasteiger partial charge is 0.227 e. The predicted molar refractivity (Wildman–Crippen MR) is 86.3 cm³/mol. The lowest BCUT2D eigenvalue weighted by Gasteiger charge is -2.27. The molecule has 1 aromatic carbocycles. The van der Waals surface area contributed by atoms with Crippen LogP contribution in [0.1, 0.15) is 43.9 Å². The summed E-state index contributed by atoms with van der Waals surface area (Å²) in [6.45, 7) is 4.74. The van der Waals surface area contributed by atoms with Gasteiger partial charge in [-0.15, -0.1) is 0 Å². The van der Waals surface area contributed by atoms with Gasteiger partial charge >= 0.3 is 0 Å². The number of rotatable bonds is 4. The molecule has 1 heterocycles. The van der Waals surface area contributed by atoms with Crippen LogP contribution in [0.25, 0.3) is 10.9 Å². The molecule has 1 aliphatic rings. The third-order valence-electron chi connectivity index (χ3n) is 4.84. The highest BCUT2D eigenvalue weighted by molar-refractivity contribution is 5.90. The van der Waals surface area contributed by atoms with E-state index in [9.17, 15) is 9.18 Å². The number of hydrogen-bond acceptors (Lipinski definition) is 1. The molecule has 0 spiro atoms. The van der Waals surface area contributed by atoms with Crippen molar-refractivity contribution in [3.8, 4) is 0 Å². The molecule has 118 valence electrons. The number of nitrogens with zero attached hydrogens (tertiary/aromatic N) is 1. The number of aromatic amines is 1. The Kier molecular flexibility index (Phi) is 4.19. The zero-order valence-electron chi connectivity index (χ0n) is 13.3. The van der Waals surface area contributed by atoms with Crippen LogP contribution < -0.4 is 0 Å². The molecular formula is C18H23FN2O. The number of aryl methyl sites for hydroxylation is 1. The fourth-order valence-corrected chi connectivity index (χ4v) is 3.69. The highest BCUT2D eigenvalue weighted by atomic mass is 19.1. The maximum atomic E-state index is 13.5. The van der Waals surface area contributed by atoms with Crippen LogP contribution in [0, 0.1) is 12.7 Å². The standard InChI is InChI=1S/C18H23FN2O/c1-3-21(14-6-4-5-7-14)18(22)11-15-12(2)20-17-9-8-13(19)10-16(15)17/h8-10,14,20H,3-7,11H2,1-2H3. The maximum absolute atomic E-state index is 13.5. The van der Waals surface area contributed by atoms with Gasteiger partial charge in [-0.25, -0.2) is 4.39 Å². The zero-order chi connectivity index (χ0) is 15.7. The van der Waals surface area contributed by atoms with Crippen LogP contribution in [0.15, 0.2) is 18.2 Å². The molecule has 3 rings (SSSR count). The van der Waals surface area contributed by atoms with Crippen molar-refractivity contribution in [3.05, 3.63) is 35.3 Å². The van der Waals surface area contributed by atoms with E-state index >= 15 is 0 Å². The number of likely N-dealkylation sites (N-methyl/N-ethyl adjacent to an activating group) is 1. The Hall–Kier alpha value is -1.84. The Bertz CT molecular complexity index is 686. The summed E-state index contributed by atoms with van der Waals surface area (Å²) in [6, 6.07) is 5.09. The summed E-state index contributed by atoms with van der Waals surface area (Å²) in [7, 11) is 0. The topological polar surface area (TPSA) is 36.1 Å². The van der Waals surface area contributed by atoms with Gasteiger partial charge in [0.1, 0.15) is 5.82 Å². The van der Waals surface area contributed by atoms with Crippen LogP contribution >= 0.6 is 0 Å². The number of carbonyl (C=O) groups excluding carboxylic acids is 1. The molecule has 1 amide bonds. The molecule has 22 heavy (non-hydrogen) atoms. The first-order valence-electron chi connectivity index (χ1n) is 8.16. The molecular weight excluding hydrogens is 279 g/mol. The van der Waals surface area contributed by atoms with Crippen LogP contribution in [0.4, 0.5) is 4.39 Å². The lowest BCUT2D eigenvalue weighted by molar-refractivity contribution is -0.132. The van der Waals surface area contributed by atoms with Gasteiger partial charge in [-0.1, -0.05) is 12.8 Å². The summed E-state index contributed by atoms with van der Waals surface area (Å²) in [5, 5.41) is 0.827. The maximum Gasteiger partial charge on any atom is 0.227 e. The second-order valence-corrected chi connectivity index (χ2v) is 6.21. The van der Waals surface area contributed by atoms with Gasteiger partial charge in [0.15, 0.2) is 0 Å². The number of aromatic nitrogens is 1. The summed E-state index contributed by atoms with van der Waals surface area (Å²) in [4.78, 5) is 18.0. The predicted octanol–water partition coefficient (Wildman–Crippen LogP) is 3.95. The van der Waals surface area contributed by atoms with Gasteiger partial charge in [-0.2, -0.15) is 0 Å². The summed E-state index contributed by atoms with van der Waals surface area (Å²) in [5.74, 6) is -0.106. The highest BCUT2D eigenvalue weighted by Gasteiger charge is 2.26. The normalized spacial score (nSPS) is 15.6. The highest BCUT2D eigenvalue weighted by Crippen LogP contribution is 2.27. The molecule has 1 fully saturated rings. The molecule has 1 saturated carbocycles. The summed E-state index contributed by atoms with van der Waals surface area (Å²) >= 11 is 0. The summed E-state index contributed by atoms with van der Waals surface area (Å²) in [5.41, 5.74) is 2.78. The van der Waals surface area contributed by atoms with Gasteiger partial charge in [0.2, 0.25) is 5.91 Å². The number of nitrogens with one attached hydrogen (secondary N) is 1. The monoisotopic (exact) mass is 302 g/mol. The van der Waals surface area contributed by atoms with Crippen LogP contribution in [0.5, 0.6) is 0 Å². The number of carbonyl (C=O) groups is 1. The number of H-pyrrole nitrogens is 1. The van der Waals surface area contributed by atoms with E-state index in [-0.39, 0.29) is 11.7 Å². The van der Waals surface area contributed by atoms with Crippen molar-refractivity contribution in [2.75, 3.05) is 6.54 Å². The Morgan fingerprint density at radius 3 is 2.77 bits per heavy atom. The van der Waals surface area contributed by atoms with Crippen LogP contribution in [-0.4, -0.2) is 28.4 Å². The van der Waals surface area contributed by atoms with E-state index < -0.39 is 0 Å². The van der Waals surface area contributed by atoms with Crippen molar-refractivity contribution in [2.45, 2.75) is 52.0 Å². The van der Waals surface area contributed by atoms with E-state index in [4.69, 9.17) is 0 Å². The van der Waals surface area contributed by atoms with Gasteiger partial charge in [0.05, 0.1) is 6.42 Å². The van der Waals surface area contributed by atoms with Crippen molar-refractivity contribution in [1.29, 1.82) is 0 Å². The van der Waals surface area contributed by atoms with Crippen molar-refractivity contribution in [1.82, 2.24) is 9.88 Å². The zero-order valence-corrected chi connectivity index (χ0v) is 13.3. The lowest BCUT2D eigenvalue weighted by Crippen LogP contribution is -2.39. The minimum Gasteiger partial charge on any atom is -0.358 e. The lowest BCUT2D eigenvalue weighted by atomic mass is 10.1. The van der Waals surface area contributed by atoms with E-state index in [1.54, 1.807) is 6.07 Å². The third-order valence-corrected chi connectivity index (χ3v) is 4.84. The van der Waals surface area contributed by atoms with Crippen LogP contribution in [0.2, 0.25) is 0 Å². The Labute approximate surface area is 130 Å². The molecule has 0 radical (unpaired) electrons. The SMILES string of the molecule is CCN(C(=O)Cc1c(C)[nH]c2ccc(F)cc12)C1CCCC1. The van der Waals surface area contributed by atoms with Gasteiger partial charge in [0.25, 0.3) is 0 Å². The average Bonchev–Trinajstić information content (AvgIpc) is 3.10. The first-order chi connectivity index (χ1) is 10.6. The number of halogens is 1. The van der Waals surface area contributed by atoms with E-state index in [1.807, 2.05) is 18.7 Å². The molecule has 4 heteroatoms. The minimum absolute atomic E-state index is 0.155. The number of hydrogen-bond donors (Lipinski definition) is 1. The van der Waals surface area contributed by atoms with Gasteiger partial charge in [0, 0.05) is 29.2 Å². The molecule has 0 bridgehead atoms. The van der Waals surface area contributed by atoms with E-state index in [0.29, 0.717) is 12.5 Å². The van der Waals surface area contributed by atoms with Gasteiger partial charge in [-0.05, 0) is 50.5 Å². The summed E-state index contributed by atoms with van der Waals surface area (Å²) in [6.07, 6.45) is 5.00. The minimum atomic E-state index is -0.261. The molecule has 2 aromatic rings. The summed E-state index contributed by atoms with van der Waals surface area (Å²) < 4.78 is 13.5. The van der Waals surface area contributed by atoms with Crippen LogP contribution in [-0.2, 0) is 11.2 Å². The molecule has 0 saturated heterocycles. The first-order valence-corrected chi connectivity index (χ1v) is 8.16. The largest absolute Gasteiger partial charge is 0.358 e. The number of fused-ring (bicyclic) bond motifs is 1. The molecule has 1 aromatic heterocycles. The van der Waals surface area contributed by atoms with Crippen molar-refractivity contribution in [3.63, 3.8) is 0 Å². The van der Waals surface area contributed by atoms with Crippen molar-refractivity contribution < 1.29 is 9.18 Å². The fourth-order valence-electron chi connectivity index (χ4n) is 3.69.